The van der Waals surface area contributed by atoms with E-state index >= 15 is 0 Å². The molecule has 1 aliphatic heterocycles. The van der Waals surface area contributed by atoms with E-state index in [1.807, 2.05) is 55.4 Å². The number of hydrogen-bond donors (Lipinski definition) is 1. The van der Waals surface area contributed by atoms with Gasteiger partial charge in [-0.05, 0) is 61.0 Å². The van der Waals surface area contributed by atoms with Gasteiger partial charge in [0.2, 0.25) is 0 Å². The molecule has 8 heteroatoms. The summed E-state index contributed by atoms with van der Waals surface area (Å²) >= 11 is -1.26. The summed E-state index contributed by atoms with van der Waals surface area (Å²) in [4.78, 5) is 12.2. The molecular weight excluding hydrogens is 351 g/mol. The summed E-state index contributed by atoms with van der Waals surface area (Å²) in [5.41, 5.74) is 0.430. The lowest BCUT2D eigenvalue weighted by atomic mass is 9.75. The Hall–Kier alpha value is -0.795. The monoisotopic (exact) mass is 382 g/mol. The molecule has 0 bridgehead atoms. The highest BCUT2D eigenvalue weighted by atomic mass is 32.2. The Balaban J connectivity index is 2.42. The van der Waals surface area contributed by atoms with Gasteiger partial charge in [-0.25, -0.2) is 0 Å². The Kier molecular flexibility index (Phi) is 5.77. The van der Waals surface area contributed by atoms with Crippen molar-refractivity contribution in [3.8, 4) is 0 Å². The van der Waals surface area contributed by atoms with E-state index in [-0.39, 0.29) is 11.6 Å². The van der Waals surface area contributed by atoms with E-state index in [2.05, 4.69) is 4.72 Å². The van der Waals surface area contributed by atoms with Crippen molar-refractivity contribution in [3.63, 3.8) is 0 Å². The van der Waals surface area contributed by atoms with Crippen molar-refractivity contribution in [2.24, 2.45) is 7.05 Å². The Labute approximate surface area is 160 Å². The van der Waals surface area contributed by atoms with E-state index in [9.17, 15) is 9.35 Å². The van der Waals surface area contributed by atoms with E-state index < -0.39 is 34.4 Å². The molecule has 0 unspecified atom stereocenters. The second kappa shape index (κ2) is 6.98. The smallest absolute Gasteiger partial charge is 0.496 e. The normalized spacial score (nSPS) is 21.7. The summed E-state index contributed by atoms with van der Waals surface area (Å²) < 4.78 is 29.0. The topological polar surface area (TPSA) is 75.5 Å². The minimum Gasteiger partial charge on any atom is -0.598 e. The Bertz CT molecular complexity index is 711. The van der Waals surface area contributed by atoms with Crippen LogP contribution in [0.5, 0.6) is 0 Å². The van der Waals surface area contributed by atoms with Gasteiger partial charge in [-0.15, -0.1) is 4.72 Å². The van der Waals surface area contributed by atoms with Crippen molar-refractivity contribution in [2.45, 2.75) is 77.4 Å². The van der Waals surface area contributed by atoms with Crippen LogP contribution in [0.3, 0.4) is 0 Å². The molecule has 2 atom stereocenters. The zero-order valence-electron chi connectivity index (χ0n) is 17.3. The van der Waals surface area contributed by atoms with Crippen molar-refractivity contribution in [1.82, 2.24) is 9.29 Å². The van der Waals surface area contributed by atoms with Crippen LogP contribution in [0.25, 0.3) is 0 Å². The average molecular weight is 382 g/mol. The van der Waals surface area contributed by atoms with Gasteiger partial charge in [-0.1, -0.05) is 0 Å². The van der Waals surface area contributed by atoms with Crippen LogP contribution in [0.2, 0.25) is 0 Å². The number of aryl methyl sites for hydroxylation is 1. The highest BCUT2D eigenvalue weighted by Gasteiger charge is 2.52. The van der Waals surface area contributed by atoms with Gasteiger partial charge in [0.05, 0.1) is 17.2 Å². The molecule has 6 nitrogen and oxygen atoms in total. The van der Waals surface area contributed by atoms with Crippen LogP contribution in [-0.2, 0) is 27.7 Å². The molecule has 0 radical (unpaired) electrons. The van der Waals surface area contributed by atoms with Crippen molar-refractivity contribution in [1.29, 1.82) is 0 Å². The standard InChI is InChI=1S/C18H31BN2O4S/c1-12(20-26(23)16(2,3)4)13-10-15(22)21(9)11-14(13)19-24-17(5,6)18(7,8)25-19/h10-12,20H,1-9H3/t12-,26-/m0/s1. The van der Waals surface area contributed by atoms with Gasteiger partial charge in [0.15, 0.2) is 0 Å². The zero-order valence-corrected chi connectivity index (χ0v) is 18.1. The third-order valence-corrected chi connectivity index (χ3v) is 6.79. The van der Waals surface area contributed by atoms with Gasteiger partial charge < -0.3 is 18.4 Å². The molecule has 0 aromatic carbocycles. The van der Waals surface area contributed by atoms with Crippen LogP contribution >= 0.6 is 0 Å². The lowest BCUT2D eigenvalue weighted by Crippen LogP contribution is -2.45. The summed E-state index contributed by atoms with van der Waals surface area (Å²) in [6, 6.07) is 1.27. The van der Waals surface area contributed by atoms with Gasteiger partial charge in [-0.2, -0.15) is 0 Å². The molecule has 0 aliphatic carbocycles. The van der Waals surface area contributed by atoms with Gasteiger partial charge in [0.1, 0.15) is 4.75 Å². The highest BCUT2D eigenvalue weighted by Crippen LogP contribution is 2.37. The number of pyridine rings is 1. The molecule has 0 amide bonds. The van der Waals surface area contributed by atoms with E-state index in [1.54, 1.807) is 19.3 Å². The number of rotatable bonds is 4. The van der Waals surface area contributed by atoms with Crippen molar-refractivity contribution in [2.75, 3.05) is 0 Å². The Morgan fingerprint density at radius 1 is 1.23 bits per heavy atom. The highest BCUT2D eigenvalue weighted by molar-refractivity contribution is 7.90. The van der Waals surface area contributed by atoms with Crippen molar-refractivity contribution in [3.05, 3.63) is 28.2 Å². The van der Waals surface area contributed by atoms with Crippen LogP contribution in [0.1, 0.15) is 67.0 Å². The lowest BCUT2D eigenvalue weighted by molar-refractivity contribution is 0.00578. The van der Waals surface area contributed by atoms with E-state index in [1.165, 1.54) is 4.57 Å². The first-order chi connectivity index (χ1) is 11.7. The maximum absolute atomic E-state index is 12.5. The molecule has 1 fully saturated rings. The molecule has 0 spiro atoms. The largest absolute Gasteiger partial charge is 0.598 e. The van der Waals surface area contributed by atoms with E-state index in [0.29, 0.717) is 0 Å². The quantitative estimate of drug-likeness (QED) is 0.635. The van der Waals surface area contributed by atoms with Gasteiger partial charge in [0.25, 0.3) is 5.56 Å². The second-order valence-corrected chi connectivity index (χ2v) is 10.9. The minimum absolute atomic E-state index is 0.129. The molecule has 146 valence electrons. The average Bonchev–Trinajstić information content (AvgIpc) is 2.68. The summed E-state index contributed by atoms with van der Waals surface area (Å²) in [6.45, 7) is 15.6. The van der Waals surface area contributed by atoms with E-state index in [0.717, 1.165) is 11.0 Å². The number of aromatic nitrogens is 1. The fourth-order valence-electron chi connectivity index (χ4n) is 2.61. The molecule has 2 rings (SSSR count). The van der Waals surface area contributed by atoms with Gasteiger partial charge in [0, 0.05) is 36.1 Å². The van der Waals surface area contributed by atoms with E-state index in [4.69, 9.17) is 9.31 Å². The zero-order chi connectivity index (χ0) is 20.1. The first kappa shape index (κ1) is 21.5. The summed E-state index contributed by atoms with van der Waals surface area (Å²) in [6.07, 6.45) is 1.75. The summed E-state index contributed by atoms with van der Waals surface area (Å²) in [5, 5.41) is 0. The predicted molar refractivity (Wildman–Crippen MR) is 107 cm³/mol. The molecule has 26 heavy (non-hydrogen) atoms. The fraction of sp³-hybridized carbons (Fsp3) is 0.722. The maximum atomic E-state index is 12.5. The van der Waals surface area contributed by atoms with Crippen LogP contribution in [0.15, 0.2) is 17.1 Å². The fourth-order valence-corrected chi connectivity index (χ4v) is 3.41. The third-order valence-electron chi connectivity index (χ3n) is 5.11. The molecule has 1 aromatic rings. The second-order valence-electron chi connectivity index (χ2n) is 8.94. The predicted octanol–water partition coefficient (Wildman–Crippen LogP) is 1.80. The van der Waals surface area contributed by atoms with Crippen LogP contribution in [0.4, 0.5) is 0 Å². The summed E-state index contributed by atoms with van der Waals surface area (Å²) in [5.74, 6) is 0. The van der Waals surface area contributed by atoms with Gasteiger partial charge in [-0.3, -0.25) is 4.79 Å². The molecular formula is C18H31BN2O4S. The van der Waals surface area contributed by atoms with Crippen molar-refractivity contribution >= 4 is 23.9 Å². The summed E-state index contributed by atoms with van der Waals surface area (Å²) in [7, 11) is 1.11. The first-order valence-corrected chi connectivity index (χ1v) is 10.0. The molecule has 0 saturated carbocycles. The number of nitrogens with zero attached hydrogens (tertiary/aromatic N) is 1. The molecule has 1 aromatic heterocycles. The lowest BCUT2D eigenvalue weighted by Gasteiger charge is -2.32. The van der Waals surface area contributed by atoms with Gasteiger partial charge >= 0.3 is 7.12 Å². The molecule has 1 N–H and O–H groups in total. The minimum atomic E-state index is -1.26. The third kappa shape index (κ3) is 4.20. The van der Waals surface area contributed by atoms with Crippen LogP contribution < -0.4 is 15.7 Å². The maximum Gasteiger partial charge on any atom is 0.496 e. The Morgan fingerprint density at radius 3 is 2.19 bits per heavy atom. The number of nitrogens with one attached hydrogen (secondary N) is 1. The SMILES string of the molecule is C[C@H](N[S@@+]([O-])C(C)(C)C)c1cc(=O)n(C)cc1B1OC(C)(C)C(C)(C)O1. The number of hydrogen-bond acceptors (Lipinski definition) is 5. The van der Waals surface area contributed by atoms with Crippen LogP contribution in [-0.4, -0.2) is 32.2 Å². The van der Waals surface area contributed by atoms with Crippen molar-refractivity contribution < 1.29 is 13.9 Å². The molecule has 1 saturated heterocycles. The molecule has 2 heterocycles. The first-order valence-electron chi connectivity index (χ1n) is 8.90. The van der Waals surface area contributed by atoms with Crippen LogP contribution in [0, 0.1) is 0 Å². The Morgan fingerprint density at radius 2 is 1.73 bits per heavy atom. The molecule has 1 aliphatic rings.